The fourth-order valence-electron chi connectivity index (χ4n) is 2.31. The Morgan fingerprint density at radius 3 is 2.29 bits per heavy atom. The molecule has 0 heterocycles. The molecule has 0 spiro atoms. The lowest BCUT2D eigenvalue weighted by Gasteiger charge is -2.22. The predicted molar refractivity (Wildman–Crippen MR) is 109 cm³/mol. The van der Waals surface area contributed by atoms with E-state index in [1.165, 1.54) is 6.08 Å². The smallest absolute Gasteiger partial charge is 0.408 e. The molecule has 0 unspecified atom stereocenters. The zero-order chi connectivity index (χ0) is 21.0. The van der Waals surface area contributed by atoms with E-state index < -0.39 is 17.7 Å². The van der Waals surface area contributed by atoms with Gasteiger partial charge in [-0.05, 0) is 52.7 Å². The standard InChI is InChI=1S/C22H31NO5/c1-6-26-19(16-20(24)27-7-2)14-13-18(15-17-11-9-8-10-12-17)23-21(25)28-22(3,4)5/h8-14,16,18H,6-7,15H2,1-5H3,(H,23,25)/b14-13+,19-16+/t18-/m1/s1. The summed E-state index contributed by atoms with van der Waals surface area (Å²) in [6.45, 7) is 9.68. The second kappa shape index (κ2) is 11.8. The lowest BCUT2D eigenvalue weighted by atomic mass is 10.1. The van der Waals surface area contributed by atoms with Crippen LogP contribution in [0, 0.1) is 0 Å². The number of benzene rings is 1. The van der Waals surface area contributed by atoms with E-state index in [0.29, 0.717) is 18.8 Å². The van der Waals surface area contributed by atoms with Crippen LogP contribution in [0.5, 0.6) is 0 Å². The van der Waals surface area contributed by atoms with Crippen molar-refractivity contribution in [2.45, 2.75) is 52.7 Å². The molecule has 0 aliphatic carbocycles. The van der Waals surface area contributed by atoms with Gasteiger partial charge in [0.05, 0.1) is 25.3 Å². The van der Waals surface area contributed by atoms with Gasteiger partial charge in [-0.2, -0.15) is 0 Å². The Bertz CT molecular complexity index is 674. The summed E-state index contributed by atoms with van der Waals surface area (Å²) in [5, 5.41) is 2.85. The summed E-state index contributed by atoms with van der Waals surface area (Å²) < 4.78 is 15.7. The van der Waals surface area contributed by atoms with Gasteiger partial charge in [-0.3, -0.25) is 0 Å². The van der Waals surface area contributed by atoms with E-state index in [4.69, 9.17) is 14.2 Å². The maximum atomic E-state index is 12.2. The molecule has 0 aliphatic heterocycles. The third-order valence-electron chi connectivity index (χ3n) is 3.35. The van der Waals surface area contributed by atoms with Crippen LogP contribution in [0.1, 0.15) is 40.2 Å². The van der Waals surface area contributed by atoms with Gasteiger partial charge >= 0.3 is 12.1 Å². The number of amides is 1. The number of esters is 1. The quantitative estimate of drug-likeness (QED) is 0.297. The van der Waals surface area contributed by atoms with E-state index >= 15 is 0 Å². The number of ether oxygens (including phenoxy) is 3. The molecule has 6 heteroatoms. The molecule has 0 saturated carbocycles. The third kappa shape index (κ3) is 10.4. The van der Waals surface area contributed by atoms with Gasteiger partial charge in [0.25, 0.3) is 0 Å². The van der Waals surface area contributed by atoms with E-state index in [9.17, 15) is 9.59 Å². The minimum absolute atomic E-state index is 0.287. The normalized spacial score (nSPS) is 13.1. The van der Waals surface area contributed by atoms with Gasteiger partial charge in [0.2, 0.25) is 0 Å². The molecule has 1 atom stereocenters. The van der Waals surface area contributed by atoms with Crippen LogP contribution in [0.2, 0.25) is 0 Å². The van der Waals surface area contributed by atoms with Crippen molar-refractivity contribution in [2.75, 3.05) is 13.2 Å². The maximum absolute atomic E-state index is 12.2. The molecule has 154 valence electrons. The highest BCUT2D eigenvalue weighted by Gasteiger charge is 2.18. The Morgan fingerprint density at radius 2 is 1.71 bits per heavy atom. The molecule has 0 aliphatic rings. The molecular formula is C22H31NO5. The van der Waals surface area contributed by atoms with Crippen LogP contribution in [0.3, 0.4) is 0 Å². The molecule has 1 rings (SSSR count). The highest BCUT2D eigenvalue weighted by atomic mass is 16.6. The van der Waals surface area contributed by atoms with Gasteiger partial charge in [-0.15, -0.1) is 0 Å². The van der Waals surface area contributed by atoms with Crippen LogP contribution in [0.25, 0.3) is 0 Å². The number of carbonyl (C=O) groups is 2. The fraction of sp³-hybridized carbons (Fsp3) is 0.455. The SMILES string of the molecule is CCOC(=O)/C=C(\C=C\[C@H](Cc1ccccc1)NC(=O)OC(C)(C)C)OCC. The molecule has 1 amide bonds. The van der Waals surface area contributed by atoms with Crippen molar-refractivity contribution in [1.29, 1.82) is 0 Å². The lowest BCUT2D eigenvalue weighted by Crippen LogP contribution is -2.39. The summed E-state index contributed by atoms with van der Waals surface area (Å²) in [6.07, 6.45) is 4.78. The number of alkyl carbamates (subject to hydrolysis) is 1. The monoisotopic (exact) mass is 389 g/mol. The highest BCUT2D eigenvalue weighted by molar-refractivity contribution is 5.82. The van der Waals surface area contributed by atoms with Crippen molar-refractivity contribution in [3.8, 4) is 0 Å². The van der Waals surface area contributed by atoms with Crippen LogP contribution >= 0.6 is 0 Å². The zero-order valence-electron chi connectivity index (χ0n) is 17.4. The van der Waals surface area contributed by atoms with Crippen molar-refractivity contribution in [3.05, 3.63) is 59.9 Å². The van der Waals surface area contributed by atoms with Gasteiger partial charge < -0.3 is 19.5 Å². The Kier molecular flexibility index (Phi) is 9.85. The Hall–Kier alpha value is -2.76. The van der Waals surface area contributed by atoms with E-state index in [-0.39, 0.29) is 12.6 Å². The molecule has 0 fully saturated rings. The number of nitrogens with one attached hydrogen (secondary N) is 1. The van der Waals surface area contributed by atoms with Crippen molar-refractivity contribution in [3.63, 3.8) is 0 Å². The maximum Gasteiger partial charge on any atom is 0.408 e. The van der Waals surface area contributed by atoms with E-state index in [1.54, 1.807) is 19.1 Å². The van der Waals surface area contributed by atoms with Crippen LogP contribution in [-0.2, 0) is 25.4 Å². The topological polar surface area (TPSA) is 73.9 Å². The minimum atomic E-state index is -0.592. The van der Waals surface area contributed by atoms with Crippen LogP contribution in [0.4, 0.5) is 4.79 Å². The van der Waals surface area contributed by atoms with Crippen molar-refractivity contribution >= 4 is 12.1 Å². The first-order chi connectivity index (χ1) is 13.2. The first kappa shape index (κ1) is 23.3. The molecule has 28 heavy (non-hydrogen) atoms. The minimum Gasteiger partial charge on any atom is -0.494 e. The molecule has 0 bridgehead atoms. The van der Waals surface area contributed by atoms with E-state index in [1.807, 2.05) is 58.0 Å². The van der Waals surface area contributed by atoms with Crippen LogP contribution in [0.15, 0.2) is 54.3 Å². The van der Waals surface area contributed by atoms with Crippen molar-refractivity contribution in [1.82, 2.24) is 5.32 Å². The van der Waals surface area contributed by atoms with Gasteiger partial charge in [-0.25, -0.2) is 9.59 Å². The Morgan fingerprint density at radius 1 is 1.07 bits per heavy atom. The number of allylic oxidation sites excluding steroid dienone is 1. The fourth-order valence-corrected chi connectivity index (χ4v) is 2.31. The summed E-state index contributed by atoms with van der Waals surface area (Å²) >= 11 is 0. The molecular weight excluding hydrogens is 358 g/mol. The third-order valence-corrected chi connectivity index (χ3v) is 3.35. The molecule has 1 aromatic carbocycles. The van der Waals surface area contributed by atoms with Gasteiger partial charge in [-0.1, -0.05) is 36.4 Å². The first-order valence-corrected chi connectivity index (χ1v) is 9.46. The van der Waals surface area contributed by atoms with Gasteiger partial charge in [0, 0.05) is 0 Å². The van der Waals surface area contributed by atoms with Crippen LogP contribution < -0.4 is 5.32 Å². The average molecular weight is 389 g/mol. The van der Waals surface area contributed by atoms with E-state index in [0.717, 1.165) is 5.56 Å². The number of carbonyl (C=O) groups excluding carboxylic acids is 2. The molecule has 0 aromatic heterocycles. The van der Waals surface area contributed by atoms with Gasteiger partial charge in [0.15, 0.2) is 0 Å². The van der Waals surface area contributed by atoms with Gasteiger partial charge in [0.1, 0.15) is 11.4 Å². The largest absolute Gasteiger partial charge is 0.494 e. The van der Waals surface area contributed by atoms with Crippen molar-refractivity contribution in [2.24, 2.45) is 0 Å². The summed E-state index contributed by atoms with van der Waals surface area (Å²) in [4.78, 5) is 23.9. The molecule has 1 N–H and O–H groups in total. The van der Waals surface area contributed by atoms with Crippen molar-refractivity contribution < 1.29 is 23.8 Å². The second-order valence-corrected chi connectivity index (χ2v) is 7.03. The Balaban J connectivity index is 2.96. The summed E-state index contributed by atoms with van der Waals surface area (Å²) in [5.41, 5.74) is 0.464. The lowest BCUT2D eigenvalue weighted by molar-refractivity contribution is -0.137. The first-order valence-electron chi connectivity index (χ1n) is 9.46. The molecule has 0 radical (unpaired) electrons. The average Bonchev–Trinajstić information content (AvgIpc) is 2.59. The number of hydrogen-bond donors (Lipinski definition) is 1. The molecule has 1 aromatic rings. The van der Waals surface area contributed by atoms with Crippen LogP contribution in [-0.4, -0.2) is 36.9 Å². The zero-order valence-corrected chi connectivity index (χ0v) is 17.4. The predicted octanol–water partition coefficient (Wildman–Crippen LogP) is 4.16. The second-order valence-electron chi connectivity index (χ2n) is 7.03. The highest BCUT2D eigenvalue weighted by Crippen LogP contribution is 2.10. The summed E-state index contributed by atoms with van der Waals surface area (Å²) in [5.74, 6) is -0.111. The number of rotatable bonds is 9. The molecule has 6 nitrogen and oxygen atoms in total. The summed E-state index contributed by atoms with van der Waals surface area (Å²) in [7, 11) is 0. The Labute approximate surface area is 167 Å². The summed E-state index contributed by atoms with van der Waals surface area (Å²) in [6, 6.07) is 9.44. The number of hydrogen-bond acceptors (Lipinski definition) is 5. The van der Waals surface area contributed by atoms with E-state index in [2.05, 4.69) is 5.32 Å². The molecule has 0 saturated heterocycles.